The van der Waals surface area contributed by atoms with E-state index in [0.29, 0.717) is 13.2 Å². The molecule has 0 fully saturated rings. The van der Waals surface area contributed by atoms with E-state index < -0.39 is 8.88 Å². The van der Waals surface area contributed by atoms with Gasteiger partial charge in [-0.05, 0) is 38.1 Å². The van der Waals surface area contributed by atoms with Crippen molar-refractivity contribution in [2.24, 2.45) is 0 Å². The molecule has 92 valence electrons. The molecule has 0 saturated heterocycles. The first-order valence-electron chi connectivity index (χ1n) is 5.88. The quantitative estimate of drug-likeness (QED) is 0.735. The topological polar surface area (TPSA) is 28.3 Å². The summed E-state index contributed by atoms with van der Waals surface area (Å²) < 4.78 is 16.1. The minimum atomic E-state index is -2.61. The van der Waals surface area contributed by atoms with Gasteiger partial charge in [0.05, 0.1) is 0 Å². The first kappa shape index (κ1) is 12.2. The summed E-state index contributed by atoms with van der Waals surface area (Å²) in [5, 5.41) is 0. The van der Waals surface area contributed by atoms with Crippen molar-refractivity contribution in [1.29, 1.82) is 0 Å². The third-order valence-corrected chi connectivity index (χ3v) is 5.76. The van der Waals surface area contributed by atoms with Crippen LogP contribution in [0.1, 0.15) is 13.8 Å². The van der Waals surface area contributed by atoms with Gasteiger partial charge in [0.15, 0.2) is 0 Å². The highest BCUT2D eigenvalue weighted by Gasteiger charge is 2.43. The SMILES string of the molecule is CCO[Si](OCC)(n1cccc1)n1cccc1. The van der Waals surface area contributed by atoms with Gasteiger partial charge in [0, 0.05) is 38.0 Å². The van der Waals surface area contributed by atoms with Crippen LogP contribution in [0, 0.1) is 0 Å². The van der Waals surface area contributed by atoms with Gasteiger partial charge in [0.2, 0.25) is 0 Å². The fourth-order valence-corrected chi connectivity index (χ4v) is 4.69. The summed E-state index contributed by atoms with van der Waals surface area (Å²) in [5.74, 6) is 0. The monoisotopic (exact) mass is 250 g/mol. The molecule has 0 saturated carbocycles. The van der Waals surface area contributed by atoms with Crippen LogP contribution in [0.2, 0.25) is 0 Å². The standard InChI is InChI=1S/C12H18N2O2Si/c1-3-15-17(16-4-2,13-9-5-6-10-13)14-11-7-8-12-14/h5-12H,3-4H2,1-2H3. The van der Waals surface area contributed by atoms with Crippen molar-refractivity contribution < 1.29 is 8.85 Å². The molecule has 5 heteroatoms. The summed E-state index contributed by atoms with van der Waals surface area (Å²) >= 11 is 0. The van der Waals surface area contributed by atoms with Crippen molar-refractivity contribution in [3.05, 3.63) is 49.1 Å². The van der Waals surface area contributed by atoms with Crippen LogP contribution < -0.4 is 0 Å². The van der Waals surface area contributed by atoms with Crippen molar-refractivity contribution in [3.8, 4) is 0 Å². The van der Waals surface area contributed by atoms with Crippen LogP contribution in [-0.2, 0) is 8.85 Å². The second-order valence-corrected chi connectivity index (χ2v) is 6.30. The van der Waals surface area contributed by atoms with Crippen LogP contribution in [0.3, 0.4) is 0 Å². The molecule has 2 rings (SSSR count). The molecular formula is C12H18N2O2Si. The summed E-state index contributed by atoms with van der Waals surface area (Å²) in [7, 11) is -2.61. The highest BCUT2D eigenvalue weighted by molar-refractivity contribution is 6.64. The van der Waals surface area contributed by atoms with Gasteiger partial charge in [-0.15, -0.1) is 0 Å². The van der Waals surface area contributed by atoms with Gasteiger partial charge in [-0.25, -0.2) is 0 Å². The number of hydrogen-bond donors (Lipinski definition) is 0. The van der Waals surface area contributed by atoms with Gasteiger partial charge < -0.3 is 17.3 Å². The average molecular weight is 250 g/mol. The summed E-state index contributed by atoms with van der Waals surface area (Å²) in [6, 6.07) is 7.96. The molecule has 0 amide bonds. The van der Waals surface area contributed by atoms with Gasteiger partial charge in [0.1, 0.15) is 0 Å². The Hall–Kier alpha value is -1.30. The Morgan fingerprint density at radius 2 is 1.12 bits per heavy atom. The van der Waals surface area contributed by atoms with Crippen LogP contribution in [0.25, 0.3) is 0 Å². The molecule has 0 aromatic carbocycles. The lowest BCUT2D eigenvalue weighted by Gasteiger charge is -2.30. The fraction of sp³-hybridized carbons (Fsp3) is 0.333. The number of nitrogens with zero attached hydrogens (tertiary/aromatic N) is 2. The lowest BCUT2D eigenvalue weighted by molar-refractivity contribution is 0.163. The van der Waals surface area contributed by atoms with Crippen molar-refractivity contribution in [1.82, 2.24) is 8.47 Å². The Labute approximate surface area is 103 Å². The Kier molecular flexibility index (Phi) is 3.83. The van der Waals surface area contributed by atoms with Crippen LogP contribution >= 0.6 is 0 Å². The van der Waals surface area contributed by atoms with E-state index in [1.165, 1.54) is 0 Å². The van der Waals surface area contributed by atoms with E-state index in [9.17, 15) is 0 Å². The van der Waals surface area contributed by atoms with Crippen LogP contribution in [0.15, 0.2) is 49.1 Å². The highest BCUT2D eigenvalue weighted by Crippen LogP contribution is 2.15. The minimum absolute atomic E-state index is 0.628. The summed E-state index contributed by atoms with van der Waals surface area (Å²) in [5.41, 5.74) is 0. The van der Waals surface area contributed by atoms with E-state index in [0.717, 1.165) is 0 Å². The van der Waals surface area contributed by atoms with Crippen LogP contribution in [-0.4, -0.2) is 30.6 Å². The summed E-state index contributed by atoms with van der Waals surface area (Å²) in [4.78, 5) is 0. The fourth-order valence-electron chi connectivity index (χ4n) is 1.89. The van der Waals surface area contributed by atoms with Gasteiger partial charge >= 0.3 is 8.88 Å². The maximum Gasteiger partial charge on any atom is 0.596 e. The zero-order chi connectivity index (χ0) is 12.1. The number of rotatable bonds is 6. The first-order valence-corrected chi connectivity index (χ1v) is 7.59. The maximum absolute atomic E-state index is 6.00. The first-order chi connectivity index (χ1) is 8.33. The third-order valence-electron chi connectivity index (χ3n) is 2.53. The Morgan fingerprint density at radius 3 is 1.41 bits per heavy atom. The van der Waals surface area contributed by atoms with E-state index in [2.05, 4.69) is 8.47 Å². The molecule has 0 aliphatic heterocycles. The predicted molar refractivity (Wildman–Crippen MR) is 68.7 cm³/mol. The van der Waals surface area contributed by atoms with E-state index in [-0.39, 0.29) is 0 Å². The molecule has 0 radical (unpaired) electrons. The summed E-state index contributed by atoms with van der Waals surface area (Å²) in [6.07, 6.45) is 7.99. The Bertz CT molecular complexity index is 383. The molecule has 0 unspecified atom stereocenters. The number of hydrogen-bond acceptors (Lipinski definition) is 2. The molecule has 0 aliphatic rings. The normalized spacial score (nSPS) is 11.9. The maximum atomic E-state index is 6.00. The van der Waals surface area contributed by atoms with E-state index in [1.807, 2.05) is 62.9 Å². The molecule has 0 N–H and O–H groups in total. The molecule has 0 spiro atoms. The molecule has 2 aromatic rings. The summed E-state index contributed by atoms with van der Waals surface area (Å²) in [6.45, 7) is 5.24. The van der Waals surface area contributed by atoms with Gasteiger partial charge in [-0.2, -0.15) is 0 Å². The minimum Gasteiger partial charge on any atom is -0.361 e. The predicted octanol–water partition coefficient (Wildman–Crippen LogP) is 2.19. The zero-order valence-corrected chi connectivity index (χ0v) is 11.2. The third kappa shape index (κ3) is 2.22. The van der Waals surface area contributed by atoms with E-state index in [4.69, 9.17) is 8.85 Å². The molecule has 17 heavy (non-hydrogen) atoms. The smallest absolute Gasteiger partial charge is 0.361 e. The molecule has 2 aromatic heterocycles. The Balaban J connectivity index is 2.46. The Morgan fingerprint density at radius 1 is 0.765 bits per heavy atom. The van der Waals surface area contributed by atoms with Crippen molar-refractivity contribution in [3.63, 3.8) is 0 Å². The second kappa shape index (κ2) is 5.35. The van der Waals surface area contributed by atoms with Crippen LogP contribution in [0.5, 0.6) is 0 Å². The van der Waals surface area contributed by atoms with Crippen molar-refractivity contribution in [2.45, 2.75) is 13.8 Å². The largest absolute Gasteiger partial charge is 0.596 e. The number of aromatic nitrogens is 2. The second-order valence-electron chi connectivity index (χ2n) is 3.60. The van der Waals surface area contributed by atoms with E-state index >= 15 is 0 Å². The lowest BCUT2D eigenvalue weighted by Crippen LogP contribution is -2.56. The van der Waals surface area contributed by atoms with E-state index in [1.54, 1.807) is 0 Å². The molecular weight excluding hydrogens is 232 g/mol. The van der Waals surface area contributed by atoms with Crippen molar-refractivity contribution >= 4 is 8.88 Å². The molecule has 0 aliphatic carbocycles. The van der Waals surface area contributed by atoms with Crippen molar-refractivity contribution in [2.75, 3.05) is 13.2 Å². The lowest BCUT2D eigenvalue weighted by atomic mass is 10.7. The molecule has 0 bridgehead atoms. The molecule has 4 nitrogen and oxygen atoms in total. The zero-order valence-electron chi connectivity index (χ0n) is 10.2. The average Bonchev–Trinajstić information content (AvgIpc) is 3.02. The van der Waals surface area contributed by atoms with Gasteiger partial charge in [-0.3, -0.25) is 0 Å². The van der Waals surface area contributed by atoms with Gasteiger partial charge in [-0.1, -0.05) is 0 Å². The van der Waals surface area contributed by atoms with Crippen LogP contribution in [0.4, 0.5) is 0 Å². The molecule has 2 heterocycles. The molecule has 0 atom stereocenters. The highest BCUT2D eigenvalue weighted by atomic mass is 28.4. The van der Waals surface area contributed by atoms with Gasteiger partial charge in [0.25, 0.3) is 0 Å².